The maximum Gasteiger partial charge on any atom is 0.125 e. The van der Waals surface area contributed by atoms with Gasteiger partial charge in [0.2, 0.25) is 0 Å². The summed E-state index contributed by atoms with van der Waals surface area (Å²) >= 11 is 0. The molecule has 2 N–H and O–H groups in total. The van der Waals surface area contributed by atoms with Crippen molar-refractivity contribution in [2.24, 2.45) is 0 Å². The molecule has 1 rings (SSSR count). The summed E-state index contributed by atoms with van der Waals surface area (Å²) in [7, 11) is 1.72. The van der Waals surface area contributed by atoms with Crippen LogP contribution < -0.4 is 10.2 Å². The molecule has 0 radical (unpaired) electrons. The third kappa shape index (κ3) is 3.20. The fourth-order valence-electron chi connectivity index (χ4n) is 2.03. The summed E-state index contributed by atoms with van der Waals surface area (Å²) in [6.45, 7) is 9.07. The molecule has 0 atom stereocenters. The zero-order valence-corrected chi connectivity index (χ0v) is 11.4. The Balaban J connectivity index is 3.35. The van der Waals surface area contributed by atoms with Crippen LogP contribution in [0.3, 0.4) is 0 Å². The minimum Gasteiger partial charge on any atom is -0.496 e. The number of hydroxylamine groups is 1. The highest BCUT2D eigenvalue weighted by molar-refractivity contribution is 5.47. The van der Waals surface area contributed by atoms with E-state index in [-0.39, 0.29) is 0 Å². The molecule has 17 heavy (non-hydrogen) atoms. The van der Waals surface area contributed by atoms with Gasteiger partial charge in [-0.3, -0.25) is 0 Å². The molecule has 0 aliphatic carbocycles. The average Bonchev–Trinajstić information content (AvgIpc) is 2.28. The van der Waals surface area contributed by atoms with Crippen molar-refractivity contribution in [1.82, 2.24) is 5.48 Å². The first-order valence-corrected chi connectivity index (χ1v) is 6.08. The van der Waals surface area contributed by atoms with E-state index in [1.807, 2.05) is 0 Å². The van der Waals surface area contributed by atoms with Gasteiger partial charge in [-0.05, 0) is 28.5 Å². The van der Waals surface area contributed by atoms with Crippen LogP contribution in [0.5, 0.6) is 5.75 Å². The highest BCUT2D eigenvalue weighted by Gasteiger charge is 2.16. The third-order valence-corrected chi connectivity index (χ3v) is 2.94. The number of benzene rings is 1. The Morgan fingerprint density at radius 1 is 1.12 bits per heavy atom. The molecular formula is C14H23NO2. The van der Waals surface area contributed by atoms with Crippen molar-refractivity contribution < 1.29 is 9.94 Å². The van der Waals surface area contributed by atoms with Gasteiger partial charge in [0.15, 0.2) is 0 Å². The molecule has 0 aromatic heterocycles. The second-order valence-corrected chi connectivity index (χ2v) is 4.95. The first-order valence-electron chi connectivity index (χ1n) is 6.08. The predicted octanol–water partition coefficient (Wildman–Crippen LogP) is 3.42. The van der Waals surface area contributed by atoms with E-state index in [1.165, 1.54) is 11.1 Å². The fourth-order valence-corrected chi connectivity index (χ4v) is 2.03. The van der Waals surface area contributed by atoms with Crippen LogP contribution in [0.1, 0.15) is 56.2 Å². The van der Waals surface area contributed by atoms with Crippen molar-refractivity contribution in [2.45, 2.75) is 46.1 Å². The minimum atomic E-state index is 0.404. The molecule has 96 valence electrons. The van der Waals surface area contributed by atoms with Crippen LogP contribution in [0.15, 0.2) is 12.1 Å². The Labute approximate surface area is 104 Å². The molecule has 1 aromatic rings. The fraction of sp³-hybridized carbons (Fsp3) is 0.571. The molecule has 0 fully saturated rings. The first kappa shape index (κ1) is 14.0. The van der Waals surface area contributed by atoms with Crippen molar-refractivity contribution >= 4 is 0 Å². The van der Waals surface area contributed by atoms with E-state index < -0.39 is 0 Å². The molecule has 0 spiro atoms. The van der Waals surface area contributed by atoms with E-state index in [9.17, 15) is 0 Å². The lowest BCUT2D eigenvalue weighted by Crippen LogP contribution is -2.09. The van der Waals surface area contributed by atoms with Gasteiger partial charge in [0, 0.05) is 6.54 Å². The molecular weight excluding hydrogens is 214 g/mol. The van der Waals surface area contributed by atoms with Gasteiger partial charge in [0.05, 0.1) is 7.11 Å². The maximum atomic E-state index is 8.82. The topological polar surface area (TPSA) is 41.5 Å². The standard InChI is InChI=1S/C14H23NO2/c1-9(2)12-6-11(8-15-16)7-13(10(3)4)14(12)17-5/h6-7,9-10,15-16H,8H2,1-5H3. The van der Waals surface area contributed by atoms with Crippen LogP contribution in [0.25, 0.3) is 0 Å². The van der Waals surface area contributed by atoms with Crippen LogP contribution in [-0.2, 0) is 6.54 Å². The van der Waals surface area contributed by atoms with Gasteiger partial charge in [-0.2, -0.15) is 0 Å². The van der Waals surface area contributed by atoms with Crippen LogP contribution in [0.2, 0.25) is 0 Å². The highest BCUT2D eigenvalue weighted by atomic mass is 16.5. The Hall–Kier alpha value is -1.06. The van der Waals surface area contributed by atoms with Gasteiger partial charge in [0.1, 0.15) is 5.75 Å². The molecule has 0 aliphatic rings. The van der Waals surface area contributed by atoms with Gasteiger partial charge < -0.3 is 9.94 Å². The second kappa shape index (κ2) is 6.03. The van der Waals surface area contributed by atoms with Crippen molar-refractivity contribution in [2.75, 3.05) is 7.11 Å². The number of ether oxygens (including phenoxy) is 1. The Morgan fingerprint density at radius 3 is 1.88 bits per heavy atom. The lowest BCUT2D eigenvalue weighted by atomic mass is 9.91. The normalized spacial score (nSPS) is 11.3. The summed E-state index contributed by atoms with van der Waals surface area (Å²) in [5, 5.41) is 8.82. The quantitative estimate of drug-likeness (QED) is 0.771. The molecule has 0 bridgehead atoms. The number of rotatable bonds is 5. The smallest absolute Gasteiger partial charge is 0.125 e. The van der Waals surface area contributed by atoms with Crippen LogP contribution in [0, 0.1) is 0 Å². The molecule has 0 heterocycles. The lowest BCUT2D eigenvalue weighted by Gasteiger charge is -2.20. The Kier molecular flexibility index (Phi) is 4.97. The van der Waals surface area contributed by atoms with E-state index in [2.05, 4.69) is 45.3 Å². The van der Waals surface area contributed by atoms with Crippen molar-refractivity contribution in [3.05, 3.63) is 28.8 Å². The first-order chi connectivity index (χ1) is 8.01. The molecule has 0 saturated carbocycles. The zero-order valence-electron chi connectivity index (χ0n) is 11.4. The maximum absolute atomic E-state index is 8.82. The van der Waals surface area contributed by atoms with E-state index >= 15 is 0 Å². The molecule has 0 saturated heterocycles. The van der Waals surface area contributed by atoms with Gasteiger partial charge >= 0.3 is 0 Å². The largest absolute Gasteiger partial charge is 0.496 e. The van der Waals surface area contributed by atoms with Crippen LogP contribution in [0.4, 0.5) is 0 Å². The summed E-state index contributed by atoms with van der Waals surface area (Å²) in [4.78, 5) is 0. The second-order valence-electron chi connectivity index (χ2n) is 4.95. The molecule has 0 aliphatic heterocycles. The van der Waals surface area contributed by atoms with Gasteiger partial charge in [-0.25, -0.2) is 5.48 Å². The number of methoxy groups -OCH3 is 1. The van der Waals surface area contributed by atoms with Crippen LogP contribution in [-0.4, -0.2) is 12.3 Å². The number of nitrogens with one attached hydrogen (secondary N) is 1. The average molecular weight is 237 g/mol. The van der Waals surface area contributed by atoms with Crippen molar-refractivity contribution in [1.29, 1.82) is 0 Å². The van der Waals surface area contributed by atoms with E-state index in [0.717, 1.165) is 11.3 Å². The predicted molar refractivity (Wildman–Crippen MR) is 69.8 cm³/mol. The van der Waals surface area contributed by atoms with Gasteiger partial charge in [-0.15, -0.1) is 0 Å². The van der Waals surface area contributed by atoms with Crippen molar-refractivity contribution in [3.63, 3.8) is 0 Å². The van der Waals surface area contributed by atoms with E-state index in [4.69, 9.17) is 9.94 Å². The summed E-state index contributed by atoms with van der Waals surface area (Å²) in [6.07, 6.45) is 0. The van der Waals surface area contributed by atoms with E-state index in [1.54, 1.807) is 7.11 Å². The Bertz CT molecular complexity index is 343. The minimum absolute atomic E-state index is 0.404. The highest BCUT2D eigenvalue weighted by Crippen LogP contribution is 2.35. The van der Waals surface area contributed by atoms with Gasteiger partial charge in [0.25, 0.3) is 0 Å². The molecule has 0 unspecified atom stereocenters. The molecule has 3 heteroatoms. The molecule has 0 amide bonds. The summed E-state index contributed by atoms with van der Waals surface area (Å²) in [6, 6.07) is 4.19. The number of hydrogen-bond acceptors (Lipinski definition) is 3. The SMILES string of the molecule is COc1c(C(C)C)cc(CNO)cc1C(C)C. The summed E-state index contributed by atoms with van der Waals surface area (Å²) < 4.78 is 5.55. The molecule has 3 nitrogen and oxygen atoms in total. The zero-order chi connectivity index (χ0) is 13.0. The van der Waals surface area contributed by atoms with Gasteiger partial charge in [-0.1, -0.05) is 39.8 Å². The lowest BCUT2D eigenvalue weighted by molar-refractivity contribution is 0.161. The number of hydrogen-bond donors (Lipinski definition) is 2. The Morgan fingerprint density at radius 2 is 1.59 bits per heavy atom. The summed E-state index contributed by atoms with van der Waals surface area (Å²) in [5.74, 6) is 1.79. The van der Waals surface area contributed by atoms with E-state index in [0.29, 0.717) is 18.4 Å². The molecule has 1 aromatic carbocycles. The monoisotopic (exact) mass is 237 g/mol. The van der Waals surface area contributed by atoms with Crippen molar-refractivity contribution in [3.8, 4) is 5.75 Å². The van der Waals surface area contributed by atoms with Crippen LogP contribution >= 0.6 is 0 Å². The summed E-state index contributed by atoms with van der Waals surface area (Å²) in [5.41, 5.74) is 5.69. The third-order valence-electron chi connectivity index (χ3n) is 2.94.